The van der Waals surface area contributed by atoms with Gasteiger partial charge in [-0.2, -0.15) is 5.26 Å². The summed E-state index contributed by atoms with van der Waals surface area (Å²) in [7, 11) is 0. The van der Waals surface area contributed by atoms with Crippen LogP contribution in [0.5, 0.6) is 5.75 Å². The molecule has 0 radical (unpaired) electrons. The molecule has 1 saturated carbocycles. The fourth-order valence-electron chi connectivity index (χ4n) is 4.23. The Balaban J connectivity index is 1.78. The van der Waals surface area contributed by atoms with Crippen LogP contribution >= 0.6 is 0 Å². The van der Waals surface area contributed by atoms with E-state index in [1.54, 1.807) is 0 Å². The molecule has 1 fully saturated rings. The maximum atomic E-state index is 9.42. The summed E-state index contributed by atoms with van der Waals surface area (Å²) in [6.07, 6.45) is 1.96. The molecule has 1 aliphatic heterocycles. The lowest BCUT2D eigenvalue weighted by Crippen LogP contribution is -2.26. The summed E-state index contributed by atoms with van der Waals surface area (Å²) in [6, 6.07) is 17.6. The topological polar surface area (TPSA) is 33.0 Å². The van der Waals surface area contributed by atoms with Gasteiger partial charge in [0.2, 0.25) is 0 Å². The highest BCUT2D eigenvalue weighted by Gasteiger charge is 2.45. The van der Waals surface area contributed by atoms with E-state index in [0.717, 1.165) is 18.6 Å². The molecule has 1 aliphatic carbocycles. The summed E-state index contributed by atoms with van der Waals surface area (Å²) >= 11 is 0. The molecule has 23 heavy (non-hydrogen) atoms. The van der Waals surface area contributed by atoms with E-state index < -0.39 is 0 Å². The number of benzene rings is 2. The lowest BCUT2D eigenvalue weighted by molar-refractivity contribution is 0.103. The largest absolute Gasteiger partial charge is 0.485 e. The highest BCUT2D eigenvalue weighted by molar-refractivity contribution is 5.44. The van der Waals surface area contributed by atoms with Crippen LogP contribution in [0.3, 0.4) is 0 Å². The van der Waals surface area contributed by atoms with Gasteiger partial charge in [0.05, 0.1) is 6.07 Å². The zero-order valence-corrected chi connectivity index (χ0v) is 13.6. The Morgan fingerprint density at radius 2 is 1.74 bits per heavy atom. The van der Waals surface area contributed by atoms with E-state index in [9.17, 15) is 5.26 Å². The van der Waals surface area contributed by atoms with Gasteiger partial charge in [-0.25, -0.2) is 0 Å². The van der Waals surface area contributed by atoms with Gasteiger partial charge in [0.15, 0.2) is 0 Å². The number of hydrogen-bond donors (Lipinski definition) is 0. The summed E-state index contributed by atoms with van der Waals surface area (Å²) in [5.74, 6) is 1.99. The normalized spacial score (nSPS) is 28.4. The third-order valence-electron chi connectivity index (χ3n) is 5.41. The molecule has 116 valence electrons. The van der Waals surface area contributed by atoms with Gasteiger partial charge < -0.3 is 4.74 Å². The zero-order chi connectivity index (χ0) is 16.0. The molecule has 0 unspecified atom stereocenters. The monoisotopic (exact) mass is 303 g/mol. The van der Waals surface area contributed by atoms with E-state index >= 15 is 0 Å². The molecular formula is C21H21NO. The van der Waals surface area contributed by atoms with Crippen LogP contribution in [-0.2, 0) is 0 Å². The van der Waals surface area contributed by atoms with Crippen LogP contribution in [0.1, 0.15) is 47.1 Å². The van der Waals surface area contributed by atoms with Gasteiger partial charge in [-0.1, -0.05) is 47.5 Å². The maximum absolute atomic E-state index is 9.42. The fraction of sp³-hybridized carbons (Fsp3) is 0.381. The number of aryl methyl sites for hydroxylation is 2. The lowest BCUT2D eigenvalue weighted by atomic mass is 9.79. The maximum Gasteiger partial charge on any atom is 0.127 e. The van der Waals surface area contributed by atoms with Crippen LogP contribution in [-0.4, -0.2) is 0 Å². The van der Waals surface area contributed by atoms with E-state index in [2.05, 4.69) is 62.4 Å². The minimum absolute atomic E-state index is 0.0640. The molecule has 0 amide bonds. The number of nitrogens with zero attached hydrogens (tertiary/aromatic N) is 1. The molecule has 2 aliphatic rings. The Morgan fingerprint density at radius 3 is 2.48 bits per heavy atom. The Hall–Kier alpha value is -2.27. The van der Waals surface area contributed by atoms with Crippen LogP contribution < -0.4 is 4.74 Å². The molecule has 0 bridgehead atoms. The van der Waals surface area contributed by atoms with Crippen LogP contribution in [0.4, 0.5) is 0 Å². The van der Waals surface area contributed by atoms with Gasteiger partial charge in [-0.05, 0) is 49.8 Å². The van der Waals surface area contributed by atoms with Crippen molar-refractivity contribution in [2.75, 3.05) is 0 Å². The van der Waals surface area contributed by atoms with Crippen molar-refractivity contribution < 1.29 is 4.74 Å². The number of rotatable bonds is 1. The van der Waals surface area contributed by atoms with Crippen LogP contribution in [0.25, 0.3) is 0 Å². The highest BCUT2D eigenvalue weighted by atomic mass is 16.5. The van der Waals surface area contributed by atoms with Crippen molar-refractivity contribution in [3.8, 4) is 11.8 Å². The average molecular weight is 303 g/mol. The molecule has 0 spiro atoms. The van der Waals surface area contributed by atoms with Crippen LogP contribution in [0.15, 0.2) is 42.5 Å². The molecule has 2 heteroatoms. The fourth-order valence-corrected chi connectivity index (χ4v) is 4.23. The van der Waals surface area contributed by atoms with Crippen LogP contribution in [0.2, 0.25) is 0 Å². The van der Waals surface area contributed by atoms with Crippen molar-refractivity contribution >= 4 is 0 Å². The van der Waals surface area contributed by atoms with E-state index in [1.165, 1.54) is 22.3 Å². The molecule has 4 rings (SSSR count). The van der Waals surface area contributed by atoms with Gasteiger partial charge >= 0.3 is 0 Å². The molecule has 0 N–H and O–H groups in total. The number of nitriles is 1. The number of ether oxygens (including phenoxy) is 1. The second-order valence-electron chi connectivity index (χ2n) is 7.06. The minimum Gasteiger partial charge on any atom is -0.485 e. The van der Waals surface area contributed by atoms with Gasteiger partial charge in [-0.15, -0.1) is 0 Å². The standard InChI is InChI=1S/C21H21NO/c1-13-3-6-16(7-4-13)21-19-11-15(12-22)10-17(19)18-9-14(2)5-8-20(18)23-21/h3-9,15,17,19,21H,10-11H2,1-2H3/t15-,17+,19+,21+/m1/s1. The molecular weight excluding hydrogens is 282 g/mol. The van der Waals surface area contributed by atoms with E-state index in [4.69, 9.17) is 4.74 Å². The first-order valence-electron chi connectivity index (χ1n) is 8.39. The van der Waals surface area contributed by atoms with Crippen molar-refractivity contribution in [2.24, 2.45) is 11.8 Å². The minimum atomic E-state index is 0.0640. The summed E-state index contributed by atoms with van der Waals surface area (Å²) in [5, 5.41) is 9.42. The van der Waals surface area contributed by atoms with Crippen molar-refractivity contribution in [1.82, 2.24) is 0 Å². The Kier molecular flexibility index (Phi) is 3.38. The first-order valence-corrected chi connectivity index (χ1v) is 8.39. The summed E-state index contributed by atoms with van der Waals surface area (Å²) in [6.45, 7) is 4.23. The van der Waals surface area contributed by atoms with E-state index in [-0.39, 0.29) is 12.0 Å². The molecule has 4 atom stereocenters. The Bertz CT molecular complexity index is 771. The van der Waals surface area contributed by atoms with Crippen LogP contribution in [0, 0.1) is 37.0 Å². The average Bonchev–Trinajstić information content (AvgIpc) is 3.00. The lowest BCUT2D eigenvalue weighted by Gasteiger charge is -2.36. The number of fused-ring (bicyclic) bond motifs is 3. The van der Waals surface area contributed by atoms with Gasteiger partial charge in [0, 0.05) is 11.8 Å². The molecule has 1 heterocycles. The molecule has 2 aromatic rings. The SMILES string of the molecule is Cc1ccc([C@@H]2Oc3ccc(C)cc3[C@@H]3C[C@@H](C#N)C[C@@H]32)cc1. The van der Waals surface area contributed by atoms with Gasteiger partial charge in [-0.3, -0.25) is 0 Å². The Morgan fingerprint density at radius 1 is 1.00 bits per heavy atom. The molecule has 2 aromatic carbocycles. The van der Waals surface area contributed by atoms with Crippen molar-refractivity contribution in [3.63, 3.8) is 0 Å². The first-order chi connectivity index (χ1) is 11.2. The highest BCUT2D eigenvalue weighted by Crippen LogP contribution is 2.55. The third-order valence-corrected chi connectivity index (χ3v) is 5.41. The van der Waals surface area contributed by atoms with Gasteiger partial charge in [0.25, 0.3) is 0 Å². The van der Waals surface area contributed by atoms with Crippen molar-refractivity contribution in [2.45, 2.75) is 38.7 Å². The summed E-state index contributed by atoms with van der Waals surface area (Å²) in [4.78, 5) is 0. The third kappa shape index (κ3) is 2.41. The molecule has 0 saturated heterocycles. The quantitative estimate of drug-likeness (QED) is 0.736. The van der Waals surface area contributed by atoms with E-state index in [1.807, 2.05) is 0 Å². The predicted molar refractivity (Wildman–Crippen MR) is 90.3 cm³/mol. The second kappa shape index (κ2) is 5.42. The Labute approximate surface area is 137 Å². The summed E-state index contributed by atoms with van der Waals surface area (Å²) < 4.78 is 6.41. The molecule has 2 nitrogen and oxygen atoms in total. The summed E-state index contributed by atoms with van der Waals surface area (Å²) in [5.41, 5.74) is 5.06. The first kappa shape index (κ1) is 14.3. The second-order valence-corrected chi connectivity index (χ2v) is 7.06. The zero-order valence-electron chi connectivity index (χ0n) is 13.6. The molecule has 0 aromatic heterocycles. The predicted octanol–water partition coefficient (Wildman–Crippen LogP) is 5.07. The van der Waals surface area contributed by atoms with Crippen molar-refractivity contribution in [3.05, 3.63) is 64.7 Å². The number of hydrogen-bond acceptors (Lipinski definition) is 2. The van der Waals surface area contributed by atoms with Crippen molar-refractivity contribution in [1.29, 1.82) is 5.26 Å². The van der Waals surface area contributed by atoms with E-state index in [0.29, 0.717) is 11.8 Å². The van der Waals surface area contributed by atoms with Gasteiger partial charge in [0.1, 0.15) is 11.9 Å². The smallest absolute Gasteiger partial charge is 0.127 e.